The third kappa shape index (κ3) is 2.64. The third-order valence-electron chi connectivity index (χ3n) is 3.19. The quantitative estimate of drug-likeness (QED) is 0.590. The van der Waals surface area contributed by atoms with Crippen LogP contribution in [0.1, 0.15) is 17.8 Å². The standard InChI is InChI=1S/C16H13Cl2NS/c1-10(19-16-12(17)6-4-7-13(16)18)15-9-11-5-2-3-8-14(11)20-15/h2-10,19H,1H3. The molecule has 20 heavy (non-hydrogen) atoms. The van der Waals surface area contributed by atoms with E-state index in [-0.39, 0.29) is 6.04 Å². The number of rotatable bonds is 3. The van der Waals surface area contributed by atoms with Crippen molar-refractivity contribution in [3.63, 3.8) is 0 Å². The molecule has 0 bridgehead atoms. The second kappa shape index (κ2) is 5.65. The molecule has 1 aromatic heterocycles. The van der Waals surface area contributed by atoms with Gasteiger partial charge >= 0.3 is 0 Å². The van der Waals surface area contributed by atoms with Gasteiger partial charge in [0.15, 0.2) is 0 Å². The zero-order valence-electron chi connectivity index (χ0n) is 10.9. The van der Waals surface area contributed by atoms with Gasteiger partial charge in [-0.3, -0.25) is 0 Å². The van der Waals surface area contributed by atoms with Gasteiger partial charge in [-0.05, 0) is 36.6 Å². The Morgan fingerprint density at radius 2 is 1.70 bits per heavy atom. The van der Waals surface area contributed by atoms with Crippen LogP contribution in [0.4, 0.5) is 5.69 Å². The lowest BCUT2D eigenvalue weighted by atomic mass is 10.2. The molecule has 1 heterocycles. The average Bonchev–Trinajstić information content (AvgIpc) is 2.87. The fraction of sp³-hybridized carbons (Fsp3) is 0.125. The van der Waals surface area contributed by atoms with E-state index < -0.39 is 0 Å². The summed E-state index contributed by atoms with van der Waals surface area (Å²) in [5, 5.41) is 5.96. The fourth-order valence-electron chi connectivity index (χ4n) is 2.14. The van der Waals surface area contributed by atoms with E-state index in [0.29, 0.717) is 10.0 Å². The lowest BCUT2D eigenvalue weighted by Crippen LogP contribution is -2.05. The summed E-state index contributed by atoms with van der Waals surface area (Å²) in [6.07, 6.45) is 0. The van der Waals surface area contributed by atoms with E-state index in [4.69, 9.17) is 23.2 Å². The Hall–Kier alpha value is -1.22. The molecule has 0 saturated carbocycles. The van der Waals surface area contributed by atoms with Crippen LogP contribution in [0.25, 0.3) is 10.1 Å². The smallest absolute Gasteiger partial charge is 0.0723 e. The van der Waals surface area contributed by atoms with Crippen LogP contribution in [-0.2, 0) is 0 Å². The zero-order chi connectivity index (χ0) is 14.1. The molecule has 1 N–H and O–H groups in total. The van der Waals surface area contributed by atoms with E-state index in [1.54, 1.807) is 11.3 Å². The number of para-hydroxylation sites is 1. The minimum absolute atomic E-state index is 0.157. The molecular formula is C16H13Cl2NS. The van der Waals surface area contributed by atoms with E-state index in [0.717, 1.165) is 5.69 Å². The molecule has 4 heteroatoms. The van der Waals surface area contributed by atoms with Gasteiger partial charge in [0.2, 0.25) is 0 Å². The number of anilines is 1. The van der Waals surface area contributed by atoms with Crippen LogP contribution in [0.2, 0.25) is 10.0 Å². The number of thiophene rings is 1. The highest BCUT2D eigenvalue weighted by atomic mass is 35.5. The van der Waals surface area contributed by atoms with E-state index in [2.05, 4.69) is 42.6 Å². The molecular weight excluding hydrogens is 309 g/mol. The molecule has 0 spiro atoms. The maximum Gasteiger partial charge on any atom is 0.0723 e. The van der Waals surface area contributed by atoms with Gasteiger partial charge in [0.25, 0.3) is 0 Å². The van der Waals surface area contributed by atoms with Gasteiger partial charge in [-0.15, -0.1) is 11.3 Å². The van der Waals surface area contributed by atoms with Crippen molar-refractivity contribution in [2.75, 3.05) is 5.32 Å². The zero-order valence-corrected chi connectivity index (χ0v) is 13.2. The summed E-state index contributed by atoms with van der Waals surface area (Å²) in [4.78, 5) is 1.27. The SMILES string of the molecule is CC(Nc1c(Cl)cccc1Cl)c1cc2ccccc2s1. The average molecular weight is 322 g/mol. The number of hydrogen-bond acceptors (Lipinski definition) is 2. The van der Waals surface area contributed by atoms with Gasteiger partial charge in [0.05, 0.1) is 21.8 Å². The Balaban J connectivity index is 1.91. The highest BCUT2D eigenvalue weighted by Crippen LogP contribution is 2.36. The molecule has 102 valence electrons. The fourth-order valence-corrected chi connectivity index (χ4v) is 3.71. The van der Waals surface area contributed by atoms with Crippen LogP contribution in [-0.4, -0.2) is 0 Å². The van der Waals surface area contributed by atoms with E-state index in [1.165, 1.54) is 15.0 Å². The Morgan fingerprint density at radius 1 is 1.00 bits per heavy atom. The molecule has 1 nitrogen and oxygen atoms in total. The van der Waals surface area contributed by atoms with Crippen molar-refractivity contribution in [1.82, 2.24) is 0 Å². The molecule has 3 rings (SSSR count). The Labute approximate surface area is 132 Å². The van der Waals surface area contributed by atoms with Gasteiger partial charge in [-0.25, -0.2) is 0 Å². The molecule has 0 aliphatic heterocycles. The minimum Gasteiger partial charge on any atom is -0.375 e. The maximum absolute atomic E-state index is 6.20. The Kier molecular flexibility index (Phi) is 3.88. The minimum atomic E-state index is 0.157. The number of halogens is 2. The molecule has 1 atom stereocenters. The molecule has 0 fully saturated rings. The van der Waals surface area contributed by atoms with Crippen molar-refractivity contribution >= 4 is 50.3 Å². The molecule has 0 aliphatic rings. The highest BCUT2D eigenvalue weighted by molar-refractivity contribution is 7.19. The van der Waals surface area contributed by atoms with Crippen molar-refractivity contribution in [2.24, 2.45) is 0 Å². The van der Waals surface area contributed by atoms with Gasteiger partial charge in [0.1, 0.15) is 0 Å². The number of hydrogen-bond donors (Lipinski definition) is 1. The monoisotopic (exact) mass is 321 g/mol. The van der Waals surface area contributed by atoms with Crippen LogP contribution < -0.4 is 5.32 Å². The predicted molar refractivity (Wildman–Crippen MR) is 90.3 cm³/mol. The normalized spacial score (nSPS) is 12.6. The molecule has 2 aromatic carbocycles. The molecule has 1 unspecified atom stereocenters. The van der Waals surface area contributed by atoms with Crippen LogP contribution in [0.15, 0.2) is 48.5 Å². The summed E-state index contributed by atoms with van der Waals surface area (Å²) in [6.45, 7) is 2.12. The molecule has 3 aromatic rings. The Morgan fingerprint density at radius 3 is 2.40 bits per heavy atom. The summed E-state index contributed by atoms with van der Waals surface area (Å²) in [6, 6.07) is 16.3. The van der Waals surface area contributed by atoms with Gasteiger partial charge < -0.3 is 5.32 Å². The topological polar surface area (TPSA) is 12.0 Å². The number of nitrogens with one attached hydrogen (secondary N) is 1. The first-order valence-electron chi connectivity index (χ1n) is 6.34. The van der Waals surface area contributed by atoms with Crippen molar-refractivity contribution in [3.05, 3.63) is 63.5 Å². The van der Waals surface area contributed by atoms with E-state index in [9.17, 15) is 0 Å². The first kappa shape index (κ1) is 13.7. The van der Waals surface area contributed by atoms with Crippen molar-refractivity contribution < 1.29 is 0 Å². The van der Waals surface area contributed by atoms with Crippen LogP contribution >= 0.6 is 34.5 Å². The Bertz CT molecular complexity index is 698. The predicted octanol–water partition coefficient (Wildman–Crippen LogP) is 6.38. The summed E-state index contributed by atoms with van der Waals surface area (Å²) in [5.74, 6) is 0. The van der Waals surface area contributed by atoms with Gasteiger partial charge in [-0.2, -0.15) is 0 Å². The lowest BCUT2D eigenvalue weighted by Gasteiger charge is -2.16. The van der Waals surface area contributed by atoms with Gasteiger partial charge in [0, 0.05) is 9.58 Å². The van der Waals surface area contributed by atoms with Gasteiger partial charge in [-0.1, -0.05) is 47.5 Å². The first-order chi connectivity index (χ1) is 9.65. The highest BCUT2D eigenvalue weighted by Gasteiger charge is 2.13. The largest absolute Gasteiger partial charge is 0.375 e. The van der Waals surface area contributed by atoms with Crippen LogP contribution in [0, 0.1) is 0 Å². The van der Waals surface area contributed by atoms with Crippen molar-refractivity contribution in [2.45, 2.75) is 13.0 Å². The number of fused-ring (bicyclic) bond motifs is 1. The molecule has 0 amide bonds. The lowest BCUT2D eigenvalue weighted by molar-refractivity contribution is 0.909. The van der Waals surface area contributed by atoms with E-state index >= 15 is 0 Å². The second-order valence-corrected chi connectivity index (χ2v) is 6.58. The summed E-state index contributed by atoms with van der Waals surface area (Å²) < 4.78 is 1.29. The molecule has 0 saturated heterocycles. The van der Waals surface area contributed by atoms with Crippen molar-refractivity contribution in [3.8, 4) is 0 Å². The van der Waals surface area contributed by atoms with Crippen LogP contribution in [0.5, 0.6) is 0 Å². The summed E-state index contributed by atoms with van der Waals surface area (Å²) in [7, 11) is 0. The summed E-state index contributed by atoms with van der Waals surface area (Å²) >= 11 is 14.2. The van der Waals surface area contributed by atoms with E-state index in [1.807, 2.05) is 18.2 Å². The third-order valence-corrected chi connectivity index (χ3v) is 5.12. The number of benzene rings is 2. The van der Waals surface area contributed by atoms with Crippen molar-refractivity contribution in [1.29, 1.82) is 0 Å². The van der Waals surface area contributed by atoms with Crippen LogP contribution in [0.3, 0.4) is 0 Å². The maximum atomic E-state index is 6.20. The molecule has 0 radical (unpaired) electrons. The second-order valence-electron chi connectivity index (χ2n) is 4.65. The summed E-state index contributed by atoms with van der Waals surface area (Å²) in [5.41, 5.74) is 0.792. The molecule has 0 aliphatic carbocycles. The first-order valence-corrected chi connectivity index (χ1v) is 7.91.